The third-order valence-electron chi connectivity index (χ3n) is 2.55. The van der Waals surface area contributed by atoms with E-state index < -0.39 is 18.0 Å². The summed E-state index contributed by atoms with van der Waals surface area (Å²) in [6.07, 6.45) is 2.27. The van der Waals surface area contributed by atoms with Crippen LogP contribution in [0.2, 0.25) is 0 Å². The van der Waals surface area contributed by atoms with Gasteiger partial charge in [0.05, 0.1) is 7.11 Å². The van der Waals surface area contributed by atoms with Crippen molar-refractivity contribution in [3.8, 4) is 0 Å². The maximum absolute atomic E-state index is 11.7. The summed E-state index contributed by atoms with van der Waals surface area (Å²) in [6.45, 7) is 5.68. The van der Waals surface area contributed by atoms with Gasteiger partial charge in [-0.15, -0.1) is 0 Å². The van der Waals surface area contributed by atoms with Crippen LogP contribution >= 0.6 is 0 Å². The zero-order valence-corrected chi connectivity index (χ0v) is 12.2. The van der Waals surface area contributed by atoms with Crippen LogP contribution in [0.1, 0.15) is 31.8 Å². The Bertz CT molecular complexity index is 484. The normalized spacial score (nSPS) is 12.7. The maximum atomic E-state index is 11.7. The van der Waals surface area contributed by atoms with Crippen molar-refractivity contribution in [3.05, 3.63) is 29.7 Å². The Hall–Kier alpha value is -2.04. The van der Waals surface area contributed by atoms with E-state index in [-0.39, 0.29) is 5.92 Å². The van der Waals surface area contributed by atoms with Crippen molar-refractivity contribution >= 4 is 18.0 Å². The molecular weight excluding hydrogens is 260 g/mol. The molecule has 5 nitrogen and oxygen atoms in total. The second kappa shape index (κ2) is 7.53. The smallest absolute Gasteiger partial charge is 0.347 e. The molecule has 0 aliphatic heterocycles. The van der Waals surface area contributed by atoms with E-state index in [1.807, 2.05) is 20.8 Å². The predicted octanol–water partition coefficient (Wildman–Crippen LogP) is 2.73. The fraction of sp³-hybridized carbons (Fsp3) is 0.467. The zero-order chi connectivity index (χ0) is 15.1. The van der Waals surface area contributed by atoms with Crippen LogP contribution in [0.25, 0.3) is 6.08 Å². The summed E-state index contributed by atoms with van der Waals surface area (Å²) < 4.78 is 15.0. The summed E-state index contributed by atoms with van der Waals surface area (Å²) >= 11 is 0. The molecule has 0 N–H and O–H groups in total. The molecule has 0 saturated heterocycles. The molecule has 0 saturated carbocycles. The van der Waals surface area contributed by atoms with Crippen LogP contribution < -0.4 is 0 Å². The first kappa shape index (κ1) is 16.0. The van der Waals surface area contributed by atoms with Crippen LogP contribution in [-0.2, 0) is 19.1 Å². The average molecular weight is 280 g/mol. The number of aryl methyl sites for hydroxylation is 1. The Morgan fingerprint density at radius 2 is 2.05 bits per heavy atom. The van der Waals surface area contributed by atoms with E-state index in [2.05, 4.69) is 4.74 Å². The number of carbonyl (C=O) groups is 2. The van der Waals surface area contributed by atoms with Gasteiger partial charge in [0, 0.05) is 6.08 Å². The lowest BCUT2D eigenvalue weighted by Gasteiger charge is -2.16. The lowest BCUT2D eigenvalue weighted by Crippen LogP contribution is -2.29. The van der Waals surface area contributed by atoms with Crippen molar-refractivity contribution in [2.75, 3.05) is 7.11 Å². The monoisotopic (exact) mass is 280 g/mol. The Balaban J connectivity index is 2.61. The minimum atomic E-state index is -0.879. The largest absolute Gasteiger partial charge is 0.466 e. The van der Waals surface area contributed by atoms with Gasteiger partial charge < -0.3 is 13.9 Å². The van der Waals surface area contributed by atoms with Crippen molar-refractivity contribution in [2.24, 2.45) is 5.92 Å². The molecule has 0 radical (unpaired) electrons. The van der Waals surface area contributed by atoms with Crippen LogP contribution in [0, 0.1) is 12.8 Å². The average Bonchev–Trinajstić information content (AvgIpc) is 2.80. The first-order valence-electron chi connectivity index (χ1n) is 6.45. The molecule has 20 heavy (non-hydrogen) atoms. The Morgan fingerprint density at radius 3 is 2.55 bits per heavy atom. The molecule has 1 unspecified atom stereocenters. The van der Waals surface area contributed by atoms with Gasteiger partial charge in [0.15, 0.2) is 6.10 Å². The number of hydrogen-bond donors (Lipinski definition) is 0. The summed E-state index contributed by atoms with van der Waals surface area (Å²) in [5, 5.41) is 0. The predicted molar refractivity (Wildman–Crippen MR) is 73.8 cm³/mol. The number of ether oxygens (including phenoxy) is 2. The fourth-order valence-electron chi connectivity index (χ4n) is 1.62. The van der Waals surface area contributed by atoms with Gasteiger partial charge in [0.25, 0.3) is 0 Å². The quantitative estimate of drug-likeness (QED) is 0.592. The lowest BCUT2D eigenvalue weighted by molar-refractivity contribution is -0.164. The van der Waals surface area contributed by atoms with Gasteiger partial charge in [0.1, 0.15) is 11.5 Å². The third-order valence-corrected chi connectivity index (χ3v) is 2.55. The van der Waals surface area contributed by atoms with Crippen molar-refractivity contribution in [2.45, 2.75) is 33.3 Å². The van der Waals surface area contributed by atoms with E-state index in [1.165, 1.54) is 19.3 Å². The molecule has 1 heterocycles. The van der Waals surface area contributed by atoms with Crippen LogP contribution in [0.3, 0.4) is 0 Å². The molecule has 0 fully saturated rings. The first-order valence-corrected chi connectivity index (χ1v) is 6.45. The van der Waals surface area contributed by atoms with E-state index >= 15 is 0 Å². The molecule has 0 bridgehead atoms. The number of rotatable bonds is 6. The van der Waals surface area contributed by atoms with Gasteiger partial charge in [-0.2, -0.15) is 0 Å². The van der Waals surface area contributed by atoms with Gasteiger partial charge in [-0.25, -0.2) is 9.59 Å². The zero-order valence-electron chi connectivity index (χ0n) is 12.2. The van der Waals surface area contributed by atoms with Crippen molar-refractivity contribution in [3.63, 3.8) is 0 Å². The molecule has 0 aliphatic carbocycles. The molecule has 5 heteroatoms. The highest BCUT2D eigenvalue weighted by atomic mass is 16.6. The second-order valence-corrected chi connectivity index (χ2v) is 4.86. The van der Waals surface area contributed by atoms with Gasteiger partial charge in [-0.1, -0.05) is 13.8 Å². The molecule has 1 aromatic rings. The Kier molecular flexibility index (Phi) is 6.03. The highest BCUT2D eigenvalue weighted by molar-refractivity contribution is 5.89. The summed E-state index contributed by atoms with van der Waals surface area (Å²) in [4.78, 5) is 23.2. The van der Waals surface area contributed by atoms with E-state index in [1.54, 1.807) is 12.1 Å². The number of furan rings is 1. The molecular formula is C15H20O5. The van der Waals surface area contributed by atoms with E-state index in [0.29, 0.717) is 12.2 Å². The maximum Gasteiger partial charge on any atom is 0.347 e. The Labute approximate surface area is 118 Å². The highest BCUT2D eigenvalue weighted by Crippen LogP contribution is 2.12. The van der Waals surface area contributed by atoms with Crippen LogP contribution in [0.15, 0.2) is 22.6 Å². The van der Waals surface area contributed by atoms with E-state index in [9.17, 15) is 9.59 Å². The molecule has 1 atom stereocenters. The standard InChI is InChI=1S/C15H20O5/c1-10(2)9-13(15(17)18-4)20-14(16)8-7-12-6-5-11(3)19-12/h5-8,10,13H,9H2,1-4H3/b8-7+. The Morgan fingerprint density at radius 1 is 1.35 bits per heavy atom. The molecule has 0 aromatic carbocycles. The van der Waals surface area contributed by atoms with Crippen LogP contribution in [-0.4, -0.2) is 25.2 Å². The molecule has 1 aromatic heterocycles. The summed E-state index contributed by atoms with van der Waals surface area (Å²) in [6, 6.07) is 3.53. The third kappa shape index (κ3) is 5.30. The lowest BCUT2D eigenvalue weighted by atomic mass is 10.1. The van der Waals surface area contributed by atoms with E-state index in [0.717, 1.165) is 5.76 Å². The van der Waals surface area contributed by atoms with Gasteiger partial charge in [0.2, 0.25) is 0 Å². The second-order valence-electron chi connectivity index (χ2n) is 4.86. The number of esters is 2. The topological polar surface area (TPSA) is 65.7 Å². The van der Waals surface area contributed by atoms with E-state index in [4.69, 9.17) is 9.15 Å². The summed E-state index contributed by atoms with van der Waals surface area (Å²) in [5.41, 5.74) is 0. The van der Waals surface area contributed by atoms with Crippen molar-refractivity contribution in [1.82, 2.24) is 0 Å². The molecule has 1 rings (SSSR count). The SMILES string of the molecule is COC(=O)C(CC(C)C)OC(=O)/C=C/c1ccc(C)o1. The fourth-order valence-corrected chi connectivity index (χ4v) is 1.62. The molecule has 0 aliphatic rings. The number of methoxy groups -OCH3 is 1. The van der Waals surface area contributed by atoms with Gasteiger partial charge >= 0.3 is 11.9 Å². The summed E-state index contributed by atoms with van der Waals surface area (Å²) in [7, 11) is 1.27. The summed E-state index contributed by atoms with van der Waals surface area (Å²) in [5.74, 6) is 0.371. The van der Waals surface area contributed by atoms with Crippen LogP contribution in [0.4, 0.5) is 0 Å². The van der Waals surface area contributed by atoms with Gasteiger partial charge in [-0.05, 0) is 37.5 Å². The van der Waals surface area contributed by atoms with Crippen LogP contribution in [0.5, 0.6) is 0 Å². The minimum Gasteiger partial charge on any atom is -0.466 e. The van der Waals surface area contributed by atoms with Crippen molar-refractivity contribution in [1.29, 1.82) is 0 Å². The molecule has 110 valence electrons. The van der Waals surface area contributed by atoms with Gasteiger partial charge in [-0.3, -0.25) is 0 Å². The number of hydrogen-bond acceptors (Lipinski definition) is 5. The molecule has 0 spiro atoms. The van der Waals surface area contributed by atoms with Crippen molar-refractivity contribution < 1.29 is 23.5 Å². The number of carbonyl (C=O) groups excluding carboxylic acids is 2. The highest BCUT2D eigenvalue weighted by Gasteiger charge is 2.23. The minimum absolute atomic E-state index is 0.212. The first-order chi connectivity index (χ1) is 9.42. The molecule has 0 amide bonds.